The second-order valence-electron chi connectivity index (χ2n) is 11.8. The molecule has 3 heteroatoms. The topological polar surface area (TPSA) is 21.7 Å². The Morgan fingerprint density at radius 3 is 1.49 bits per heavy atom. The Labute approximate surface area is 241 Å². The van der Waals surface area contributed by atoms with E-state index in [1.165, 1.54) is 50.2 Å². The first kappa shape index (κ1) is 23.5. The zero-order valence-electron chi connectivity index (χ0n) is 22.9. The third-order valence-electron chi connectivity index (χ3n) is 9.51. The van der Waals surface area contributed by atoms with Gasteiger partial charge in [0, 0.05) is 16.9 Å². The first-order chi connectivity index (χ1) is 20.3. The van der Waals surface area contributed by atoms with Gasteiger partial charge in [-0.2, -0.15) is 0 Å². The largest absolute Gasteiger partial charge is 0.366 e. The number of para-hydroxylation sites is 2. The van der Waals surface area contributed by atoms with Crippen molar-refractivity contribution in [3.05, 3.63) is 138 Å². The van der Waals surface area contributed by atoms with Crippen LogP contribution >= 0.6 is 0 Å². The Morgan fingerprint density at radius 2 is 0.902 bits per heavy atom. The minimum Gasteiger partial charge on any atom is -0.366 e. The Kier molecular flexibility index (Phi) is 5.26. The molecule has 4 bridgehead atoms. The maximum atomic E-state index is 6.26. The highest BCUT2D eigenvalue weighted by Gasteiger charge is 2.39. The summed E-state index contributed by atoms with van der Waals surface area (Å²) >= 11 is 0. The molecule has 0 spiro atoms. The molecule has 41 heavy (non-hydrogen) atoms. The molecular weight excluding hydrogens is 502 g/mol. The van der Waals surface area contributed by atoms with Gasteiger partial charge >= 0.3 is 0 Å². The van der Waals surface area contributed by atoms with Crippen molar-refractivity contribution in [2.75, 3.05) is 4.90 Å². The quantitative estimate of drug-likeness (QED) is 0.224. The summed E-state index contributed by atoms with van der Waals surface area (Å²) in [6.07, 6.45) is 5.58. The molecule has 3 nitrogen and oxygen atoms in total. The van der Waals surface area contributed by atoms with Crippen LogP contribution in [-0.2, 0) is 9.47 Å². The van der Waals surface area contributed by atoms with Gasteiger partial charge < -0.3 is 14.4 Å². The van der Waals surface area contributed by atoms with Crippen LogP contribution in [-0.4, -0.2) is 0 Å². The van der Waals surface area contributed by atoms with Crippen molar-refractivity contribution in [2.45, 2.75) is 50.1 Å². The van der Waals surface area contributed by atoms with E-state index in [1.807, 2.05) is 0 Å². The fourth-order valence-electron chi connectivity index (χ4n) is 7.55. The molecule has 4 atom stereocenters. The number of hydrogen-bond acceptors (Lipinski definition) is 3. The van der Waals surface area contributed by atoms with E-state index in [9.17, 15) is 0 Å². The van der Waals surface area contributed by atoms with E-state index in [2.05, 4.69) is 120 Å². The van der Waals surface area contributed by atoms with E-state index >= 15 is 0 Å². The molecular formula is C38H31NO2. The van der Waals surface area contributed by atoms with Crippen molar-refractivity contribution >= 4 is 17.1 Å². The molecule has 4 aliphatic rings. The minimum atomic E-state index is 0.237. The summed E-state index contributed by atoms with van der Waals surface area (Å²) < 4.78 is 12.5. The lowest BCUT2D eigenvalue weighted by atomic mass is 9.87. The second-order valence-corrected chi connectivity index (χ2v) is 11.8. The molecule has 0 amide bonds. The number of rotatable bonds is 5. The number of hydrogen-bond donors (Lipinski definition) is 0. The Balaban J connectivity index is 1.24. The van der Waals surface area contributed by atoms with E-state index in [1.54, 1.807) is 0 Å². The molecule has 4 aliphatic heterocycles. The number of benzene rings is 5. The lowest BCUT2D eigenvalue weighted by Crippen LogP contribution is -2.11. The predicted octanol–water partition coefficient (Wildman–Crippen LogP) is 10.3. The lowest BCUT2D eigenvalue weighted by Gasteiger charge is -2.29. The average molecular weight is 534 g/mol. The van der Waals surface area contributed by atoms with E-state index in [0.29, 0.717) is 0 Å². The van der Waals surface area contributed by atoms with Gasteiger partial charge in [-0.15, -0.1) is 0 Å². The zero-order chi connectivity index (χ0) is 26.9. The number of nitrogens with zero attached hydrogens (tertiary/aromatic N) is 1. The summed E-state index contributed by atoms with van der Waals surface area (Å²) in [4.78, 5) is 2.40. The number of ether oxygens (including phenoxy) is 2. The Bertz CT molecular complexity index is 1740. The highest BCUT2D eigenvalue weighted by molar-refractivity contribution is 5.91. The Hall–Kier alpha value is -4.18. The SMILES string of the molecule is c1ccc(N(c2ccccc2)c2cc(-c3ccc4c(c3)C3CCC4O3)ccc2-c2ccc3c(c2)C2CCC3O2)cc1. The highest BCUT2D eigenvalue weighted by Crippen LogP contribution is 2.53. The van der Waals surface area contributed by atoms with Crippen molar-refractivity contribution in [1.82, 2.24) is 0 Å². The summed E-state index contributed by atoms with van der Waals surface area (Å²) in [7, 11) is 0. The molecule has 4 heterocycles. The lowest BCUT2D eigenvalue weighted by molar-refractivity contribution is 0.0715. The van der Waals surface area contributed by atoms with Gasteiger partial charge in [0.1, 0.15) is 0 Å². The van der Waals surface area contributed by atoms with Crippen molar-refractivity contribution in [3.63, 3.8) is 0 Å². The molecule has 0 saturated carbocycles. The first-order valence-corrected chi connectivity index (χ1v) is 14.9. The van der Waals surface area contributed by atoms with Gasteiger partial charge in [-0.3, -0.25) is 0 Å². The molecule has 9 rings (SSSR count). The van der Waals surface area contributed by atoms with Crippen LogP contribution in [0.2, 0.25) is 0 Å². The predicted molar refractivity (Wildman–Crippen MR) is 164 cm³/mol. The second kappa shape index (κ2) is 9.17. The van der Waals surface area contributed by atoms with Crippen LogP contribution in [0.15, 0.2) is 115 Å². The van der Waals surface area contributed by atoms with Crippen LogP contribution in [0.3, 0.4) is 0 Å². The number of fused-ring (bicyclic) bond motifs is 10. The summed E-state index contributed by atoms with van der Waals surface area (Å²) in [5, 5.41) is 0. The summed E-state index contributed by atoms with van der Waals surface area (Å²) in [6, 6.07) is 42.3. The fraction of sp³-hybridized carbons (Fsp3) is 0.211. The van der Waals surface area contributed by atoms with E-state index < -0.39 is 0 Å². The molecule has 5 aromatic rings. The van der Waals surface area contributed by atoms with Crippen molar-refractivity contribution < 1.29 is 9.47 Å². The smallest absolute Gasteiger partial charge is 0.0838 e. The van der Waals surface area contributed by atoms with Crippen molar-refractivity contribution in [1.29, 1.82) is 0 Å². The average Bonchev–Trinajstić information content (AvgIpc) is 3.85. The maximum absolute atomic E-state index is 6.26. The monoisotopic (exact) mass is 533 g/mol. The van der Waals surface area contributed by atoms with Crippen molar-refractivity contribution in [2.24, 2.45) is 0 Å². The summed E-state index contributed by atoms with van der Waals surface area (Å²) in [6.45, 7) is 0. The minimum absolute atomic E-state index is 0.237. The van der Waals surface area contributed by atoms with Crippen LogP contribution in [0.25, 0.3) is 22.3 Å². The zero-order valence-corrected chi connectivity index (χ0v) is 22.9. The molecule has 2 saturated heterocycles. The van der Waals surface area contributed by atoms with Crippen LogP contribution in [0.1, 0.15) is 72.4 Å². The van der Waals surface area contributed by atoms with Crippen LogP contribution in [0, 0.1) is 0 Å². The molecule has 200 valence electrons. The van der Waals surface area contributed by atoms with E-state index in [0.717, 1.165) is 37.1 Å². The summed E-state index contributed by atoms with van der Waals surface area (Å²) in [5.41, 5.74) is 13.9. The third-order valence-corrected chi connectivity index (χ3v) is 9.51. The van der Waals surface area contributed by atoms with Gasteiger partial charge in [0.2, 0.25) is 0 Å². The normalized spacial score (nSPS) is 23.0. The molecule has 0 N–H and O–H groups in total. The standard InChI is InChI=1S/C38H31NO2/c1-3-7-27(8-4-1)39(28-9-5-2-6-10-28)34-23-25(24-12-15-30-32(21-24)37-19-17-35(30)40-37)11-14-29(34)26-13-16-31-33(22-26)38-20-18-36(31)41-38/h1-16,21-23,35-38H,17-20H2. The molecule has 4 unspecified atom stereocenters. The van der Waals surface area contributed by atoms with Crippen molar-refractivity contribution in [3.8, 4) is 22.3 Å². The van der Waals surface area contributed by atoms with E-state index in [4.69, 9.17) is 9.47 Å². The van der Waals surface area contributed by atoms with Crippen LogP contribution in [0.4, 0.5) is 17.1 Å². The molecule has 2 fully saturated rings. The summed E-state index contributed by atoms with van der Waals surface area (Å²) in [5.74, 6) is 0. The molecule has 0 aliphatic carbocycles. The van der Waals surface area contributed by atoms with E-state index in [-0.39, 0.29) is 24.4 Å². The van der Waals surface area contributed by atoms with Gasteiger partial charge in [-0.1, -0.05) is 72.8 Å². The maximum Gasteiger partial charge on any atom is 0.0838 e. The molecule has 5 aromatic carbocycles. The van der Waals surface area contributed by atoms with Gasteiger partial charge in [-0.05, 0) is 107 Å². The van der Waals surface area contributed by atoms with Gasteiger partial charge in [0.05, 0.1) is 30.1 Å². The number of anilines is 3. The van der Waals surface area contributed by atoms with Crippen LogP contribution in [0.5, 0.6) is 0 Å². The highest BCUT2D eigenvalue weighted by atomic mass is 16.5. The van der Waals surface area contributed by atoms with Crippen LogP contribution < -0.4 is 4.90 Å². The fourth-order valence-corrected chi connectivity index (χ4v) is 7.55. The van der Waals surface area contributed by atoms with Gasteiger partial charge in [0.15, 0.2) is 0 Å². The van der Waals surface area contributed by atoms with Gasteiger partial charge in [-0.25, -0.2) is 0 Å². The molecule has 0 radical (unpaired) electrons. The first-order valence-electron chi connectivity index (χ1n) is 14.9. The Morgan fingerprint density at radius 1 is 0.439 bits per heavy atom. The van der Waals surface area contributed by atoms with Gasteiger partial charge in [0.25, 0.3) is 0 Å². The third kappa shape index (κ3) is 3.73. The molecule has 0 aromatic heterocycles.